The molecule has 13 heavy (non-hydrogen) atoms. The summed E-state index contributed by atoms with van der Waals surface area (Å²) in [5.74, 6) is 0.299. The van der Waals surface area contributed by atoms with Crippen molar-refractivity contribution in [3.8, 4) is 5.75 Å². The highest BCUT2D eigenvalue weighted by Gasteiger charge is 1.90. The summed E-state index contributed by atoms with van der Waals surface area (Å²) >= 11 is 0. The SMILES string of the molecule is OCC/C=C\Cc1cccc(O)c1. The molecule has 1 aromatic rings. The van der Waals surface area contributed by atoms with E-state index >= 15 is 0 Å². The van der Waals surface area contributed by atoms with Gasteiger partial charge < -0.3 is 10.2 Å². The quantitative estimate of drug-likeness (QED) is 0.691. The summed E-state index contributed by atoms with van der Waals surface area (Å²) in [7, 11) is 0. The van der Waals surface area contributed by atoms with Gasteiger partial charge in [-0.3, -0.25) is 0 Å². The number of hydrogen-bond donors (Lipinski definition) is 2. The second-order valence-corrected chi connectivity index (χ2v) is 2.86. The van der Waals surface area contributed by atoms with Gasteiger partial charge in [0.15, 0.2) is 0 Å². The van der Waals surface area contributed by atoms with Crippen LogP contribution in [0.3, 0.4) is 0 Å². The Balaban J connectivity index is 2.45. The molecule has 0 amide bonds. The summed E-state index contributed by atoms with van der Waals surface area (Å²) in [6.07, 6.45) is 5.42. The Hall–Kier alpha value is -1.28. The van der Waals surface area contributed by atoms with E-state index in [-0.39, 0.29) is 6.61 Å². The summed E-state index contributed by atoms with van der Waals surface area (Å²) in [6.45, 7) is 0.191. The lowest BCUT2D eigenvalue weighted by Gasteiger charge is -1.96. The zero-order chi connectivity index (χ0) is 9.52. The van der Waals surface area contributed by atoms with Crippen molar-refractivity contribution in [1.82, 2.24) is 0 Å². The van der Waals surface area contributed by atoms with Crippen molar-refractivity contribution in [3.05, 3.63) is 42.0 Å². The van der Waals surface area contributed by atoms with E-state index in [0.717, 1.165) is 12.0 Å². The van der Waals surface area contributed by atoms with E-state index in [4.69, 9.17) is 10.2 Å². The van der Waals surface area contributed by atoms with Crippen LogP contribution >= 0.6 is 0 Å². The molecule has 0 aromatic heterocycles. The number of aromatic hydroxyl groups is 1. The van der Waals surface area contributed by atoms with Gasteiger partial charge in [0, 0.05) is 6.61 Å². The minimum Gasteiger partial charge on any atom is -0.508 e. The fourth-order valence-corrected chi connectivity index (χ4v) is 1.10. The number of aliphatic hydroxyl groups is 1. The molecule has 2 heteroatoms. The molecule has 0 radical (unpaired) electrons. The van der Waals surface area contributed by atoms with Crippen molar-refractivity contribution in [2.45, 2.75) is 12.8 Å². The van der Waals surface area contributed by atoms with Gasteiger partial charge in [-0.25, -0.2) is 0 Å². The zero-order valence-electron chi connectivity index (χ0n) is 7.48. The van der Waals surface area contributed by atoms with Crippen molar-refractivity contribution in [1.29, 1.82) is 0 Å². The van der Waals surface area contributed by atoms with Crippen molar-refractivity contribution < 1.29 is 10.2 Å². The molecule has 1 aromatic carbocycles. The van der Waals surface area contributed by atoms with Gasteiger partial charge in [0.1, 0.15) is 5.75 Å². The number of phenolic OH excluding ortho intramolecular Hbond substituents is 1. The molecule has 2 nitrogen and oxygen atoms in total. The van der Waals surface area contributed by atoms with Gasteiger partial charge >= 0.3 is 0 Å². The Bertz CT molecular complexity index is 279. The third-order valence-corrected chi connectivity index (χ3v) is 1.73. The third-order valence-electron chi connectivity index (χ3n) is 1.73. The van der Waals surface area contributed by atoms with Crippen LogP contribution in [0.5, 0.6) is 5.75 Å². The first kappa shape index (κ1) is 9.81. The molecule has 0 atom stereocenters. The van der Waals surface area contributed by atoms with Gasteiger partial charge in [-0.2, -0.15) is 0 Å². The second kappa shape index (κ2) is 5.38. The van der Waals surface area contributed by atoms with Crippen LogP contribution in [0.4, 0.5) is 0 Å². The van der Waals surface area contributed by atoms with Crippen molar-refractivity contribution in [2.75, 3.05) is 6.61 Å². The smallest absolute Gasteiger partial charge is 0.115 e. The molecule has 0 saturated heterocycles. The highest BCUT2D eigenvalue weighted by atomic mass is 16.3. The predicted molar refractivity (Wildman–Crippen MR) is 52.7 cm³/mol. The lowest BCUT2D eigenvalue weighted by Crippen LogP contribution is -1.81. The molecule has 0 aliphatic rings. The summed E-state index contributed by atoms with van der Waals surface area (Å²) in [5.41, 5.74) is 1.08. The molecule has 0 unspecified atom stereocenters. The normalized spacial score (nSPS) is 10.8. The van der Waals surface area contributed by atoms with E-state index in [1.165, 1.54) is 0 Å². The maximum absolute atomic E-state index is 9.15. The van der Waals surface area contributed by atoms with E-state index in [2.05, 4.69) is 0 Å². The minimum absolute atomic E-state index is 0.191. The average molecular weight is 178 g/mol. The molecule has 0 aliphatic carbocycles. The fraction of sp³-hybridized carbons (Fsp3) is 0.273. The molecule has 0 spiro atoms. The predicted octanol–water partition coefficient (Wildman–Crippen LogP) is 1.87. The maximum atomic E-state index is 9.15. The molecular formula is C11H14O2. The Labute approximate surface area is 78.2 Å². The highest BCUT2D eigenvalue weighted by molar-refractivity contribution is 5.28. The monoisotopic (exact) mass is 178 g/mol. The van der Waals surface area contributed by atoms with E-state index in [1.54, 1.807) is 12.1 Å². The van der Waals surface area contributed by atoms with Gasteiger partial charge in [-0.05, 0) is 30.5 Å². The number of aliphatic hydroxyl groups excluding tert-OH is 1. The van der Waals surface area contributed by atoms with Gasteiger partial charge in [0.25, 0.3) is 0 Å². The number of phenols is 1. The van der Waals surface area contributed by atoms with E-state index in [1.807, 2.05) is 24.3 Å². The van der Waals surface area contributed by atoms with Crippen LogP contribution in [0, 0.1) is 0 Å². The van der Waals surface area contributed by atoms with E-state index < -0.39 is 0 Å². The third kappa shape index (κ3) is 3.76. The van der Waals surface area contributed by atoms with Crippen LogP contribution < -0.4 is 0 Å². The maximum Gasteiger partial charge on any atom is 0.115 e. The number of rotatable bonds is 4. The van der Waals surface area contributed by atoms with Gasteiger partial charge in [-0.1, -0.05) is 24.3 Å². The van der Waals surface area contributed by atoms with Crippen LogP contribution in [-0.4, -0.2) is 16.8 Å². The first-order valence-corrected chi connectivity index (χ1v) is 4.36. The van der Waals surface area contributed by atoms with E-state index in [9.17, 15) is 0 Å². The molecule has 1 rings (SSSR count). The first-order chi connectivity index (χ1) is 6.33. The molecule has 0 saturated carbocycles. The summed E-state index contributed by atoms with van der Waals surface area (Å²) in [4.78, 5) is 0. The first-order valence-electron chi connectivity index (χ1n) is 4.36. The zero-order valence-corrected chi connectivity index (χ0v) is 7.48. The van der Waals surface area contributed by atoms with Gasteiger partial charge in [0.05, 0.1) is 0 Å². The number of allylic oxidation sites excluding steroid dienone is 1. The van der Waals surface area contributed by atoms with Crippen LogP contribution in [0.1, 0.15) is 12.0 Å². The minimum atomic E-state index is 0.191. The van der Waals surface area contributed by atoms with E-state index in [0.29, 0.717) is 12.2 Å². The summed E-state index contributed by atoms with van der Waals surface area (Å²) in [6, 6.07) is 7.18. The van der Waals surface area contributed by atoms with Crippen molar-refractivity contribution in [3.63, 3.8) is 0 Å². The molecule has 0 bridgehead atoms. The molecule has 0 fully saturated rings. The average Bonchev–Trinajstić information content (AvgIpc) is 2.13. The number of benzene rings is 1. The highest BCUT2D eigenvalue weighted by Crippen LogP contribution is 2.11. The second-order valence-electron chi connectivity index (χ2n) is 2.86. The van der Waals surface area contributed by atoms with Crippen LogP contribution in [0.25, 0.3) is 0 Å². The van der Waals surface area contributed by atoms with Gasteiger partial charge in [0.2, 0.25) is 0 Å². The lowest BCUT2D eigenvalue weighted by molar-refractivity contribution is 0.302. The van der Waals surface area contributed by atoms with Gasteiger partial charge in [-0.15, -0.1) is 0 Å². The molecule has 0 aliphatic heterocycles. The Morgan fingerprint density at radius 1 is 1.23 bits per heavy atom. The Morgan fingerprint density at radius 2 is 2.08 bits per heavy atom. The summed E-state index contributed by atoms with van der Waals surface area (Å²) < 4.78 is 0. The summed E-state index contributed by atoms with van der Waals surface area (Å²) in [5, 5.41) is 17.7. The molecule has 70 valence electrons. The molecule has 0 heterocycles. The number of hydrogen-bond acceptors (Lipinski definition) is 2. The van der Waals surface area contributed by atoms with Crippen LogP contribution in [-0.2, 0) is 6.42 Å². The van der Waals surface area contributed by atoms with Crippen molar-refractivity contribution >= 4 is 0 Å². The van der Waals surface area contributed by atoms with Crippen LogP contribution in [0.2, 0.25) is 0 Å². The lowest BCUT2D eigenvalue weighted by atomic mass is 10.1. The molecule has 2 N–H and O–H groups in total. The standard InChI is InChI=1S/C11H14O2/c12-8-3-1-2-5-10-6-4-7-11(13)9-10/h1-2,4,6-7,9,12-13H,3,5,8H2/b2-1-. The van der Waals surface area contributed by atoms with Crippen LogP contribution in [0.15, 0.2) is 36.4 Å². The van der Waals surface area contributed by atoms with Crippen molar-refractivity contribution in [2.24, 2.45) is 0 Å². The Morgan fingerprint density at radius 3 is 2.77 bits per heavy atom. The Kier molecular flexibility index (Phi) is 4.06. The molecular weight excluding hydrogens is 164 g/mol. The fourth-order valence-electron chi connectivity index (χ4n) is 1.10. The largest absolute Gasteiger partial charge is 0.508 e. The topological polar surface area (TPSA) is 40.5 Å².